The first-order valence-electron chi connectivity index (χ1n) is 8.01. The Hall–Kier alpha value is -0.120. The van der Waals surface area contributed by atoms with Gasteiger partial charge < -0.3 is 10.1 Å². The molecule has 2 aliphatic heterocycles. The molecule has 3 aliphatic rings. The van der Waals surface area contributed by atoms with Crippen LogP contribution in [0.5, 0.6) is 0 Å². The van der Waals surface area contributed by atoms with Gasteiger partial charge in [-0.2, -0.15) is 0 Å². The van der Waals surface area contributed by atoms with E-state index < -0.39 is 0 Å². The highest BCUT2D eigenvalue weighted by Gasteiger charge is 2.31. The van der Waals surface area contributed by atoms with Gasteiger partial charge in [0.2, 0.25) is 0 Å². The molecule has 2 heterocycles. The van der Waals surface area contributed by atoms with Crippen LogP contribution in [0.15, 0.2) is 0 Å². The van der Waals surface area contributed by atoms with Crippen LogP contribution in [0.2, 0.25) is 0 Å². The van der Waals surface area contributed by atoms with Crippen LogP contribution >= 0.6 is 0 Å². The van der Waals surface area contributed by atoms with Crippen molar-refractivity contribution in [2.24, 2.45) is 0 Å². The van der Waals surface area contributed by atoms with Crippen molar-refractivity contribution in [1.29, 1.82) is 0 Å². The van der Waals surface area contributed by atoms with E-state index in [2.05, 4.69) is 10.2 Å². The van der Waals surface area contributed by atoms with E-state index in [0.717, 1.165) is 18.7 Å². The van der Waals surface area contributed by atoms with Crippen LogP contribution < -0.4 is 5.32 Å². The smallest absolute Gasteiger partial charge is 0.0588 e. The van der Waals surface area contributed by atoms with Gasteiger partial charge in [-0.05, 0) is 51.5 Å². The first-order chi connectivity index (χ1) is 8.92. The third-order valence-corrected chi connectivity index (χ3v) is 4.69. The molecular weight excluding hydrogens is 224 g/mol. The Kier molecular flexibility index (Phi) is 4.55. The predicted octanol–water partition coefficient (Wildman–Crippen LogP) is 2.16. The minimum atomic E-state index is 0.561. The molecule has 3 nitrogen and oxygen atoms in total. The number of piperidine rings is 1. The fraction of sp³-hybridized carbons (Fsp3) is 1.00. The maximum Gasteiger partial charge on any atom is 0.0588 e. The molecule has 1 N–H and O–H groups in total. The molecule has 3 fully saturated rings. The number of rotatable bonds is 6. The number of hydrogen-bond donors (Lipinski definition) is 1. The summed E-state index contributed by atoms with van der Waals surface area (Å²) in [7, 11) is 0. The van der Waals surface area contributed by atoms with Crippen LogP contribution in [-0.2, 0) is 4.74 Å². The topological polar surface area (TPSA) is 24.5 Å². The SMILES string of the molecule is C1CCC(CN(CCC2CCCO2)C2CC2)NC1. The highest BCUT2D eigenvalue weighted by Crippen LogP contribution is 2.28. The van der Waals surface area contributed by atoms with E-state index in [0.29, 0.717) is 6.10 Å². The van der Waals surface area contributed by atoms with Gasteiger partial charge in [0.15, 0.2) is 0 Å². The first-order valence-corrected chi connectivity index (χ1v) is 8.01. The third-order valence-electron chi connectivity index (χ3n) is 4.69. The Morgan fingerprint density at radius 3 is 2.67 bits per heavy atom. The number of ether oxygens (including phenoxy) is 1. The molecule has 3 rings (SSSR count). The lowest BCUT2D eigenvalue weighted by molar-refractivity contribution is 0.0882. The summed E-state index contributed by atoms with van der Waals surface area (Å²) in [6.45, 7) is 4.76. The van der Waals surface area contributed by atoms with E-state index in [9.17, 15) is 0 Å². The van der Waals surface area contributed by atoms with Crippen molar-refractivity contribution in [2.75, 3.05) is 26.2 Å². The Balaban J connectivity index is 1.42. The average Bonchev–Trinajstić information content (AvgIpc) is 3.12. The second-order valence-electron chi connectivity index (χ2n) is 6.30. The highest BCUT2D eigenvalue weighted by atomic mass is 16.5. The van der Waals surface area contributed by atoms with Crippen LogP contribution in [0.25, 0.3) is 0 Å². The van der Waals surface area contributed by atoms with Crippen LogP contribution in [0, 0.1) is 0 Å². The molecule has 0 aromatic heterocycles. The van der Waals surface area contributed by atoms with Crippen molar-refractivity contribution in [3.8, 4) is 0 Å². The predicted molar refractivity (Wildman–Crippen MR) is 73.8 cm³/mol. The molecule has 0 aromatic carbocycles. The zero-order chi connectivity index (χ0) is 12.2. The zero-order valence-corrected chi connectivity index (χ0v) is 11.6. The maximum absolute atomic E-state index is 5.75. The molecule has 0 aromatic rings. The van der Waals surface area contributed by atoms with E-state index >= 15 is 0 Å². The molecule has 2 unspecified atom stereocenters. The lowest BCUT2D eigenvalue weighted by Crippen LogP contribution is -2.45. The van der Waals surface area contributed by atoms with E-state index in [-0.39, 0.29) is 0 Å². The Morgan fingerprint density at radius 2 is 2.00 bits per heavy atom. The minimum Gasteiger partial charge on any atom is -0.378 e. The van der Waals surface area contributed by atoms with Crippen molar-refractivity contribution in [3.63, 3.8) is 0 Å². The second kappa shape index (κ2) is 6.36. The fourth-order valence-corrected chi connectivity index (χ4v) is 3.41. The van der Waals surface area contributed by atoms with Gasteiger partial charge in [0, 0.05) is 31.8 Å². The summed E-state index contributed by atoms with van der Waals surface area (Å²) in [6.07, 6.45) is 11.4. The molecule has 0 radical (unpaired) electrons. The molecule has 0 bridgehead atoms. The summed E-state index contributed by atoms with van der Waals surface area (Å²) in [5.74, 6) is 0. The average molecular weight is 252 g/mol. The van der Waals surface area contributed by atoms with E-state index in [1.807, 2.05) is 0 Å². The lowest BCUT2D eigenvalue weighted by atomic mass is 10.0. The summed E-state index contributed by atoms with van der Waals surface area (Å²) in [6, 6.07) is 1.65. The van der Waals surface area contributed by atoms with Gasteiger partial charge in [0.25, 0.3) is 0 Å². The third kappa shape index (κ3) is 3.69. The second-order valence-corrected chi connectivity index (χ2v) is 6.30. The van der Waals surface area contributed by atoms with E-state index in [1.54, 1.807) is 0 Å². The molecule has 18 heavy (non-hydrogen) atoms. The molecule has 0 spiro atoms. The summed E-state index contributed by atoms with van der Waals surface area (Å²) >= 11 is 0. The quantitative estimate of drug-likeness (QED) is 0.784. The van der Waals surface area contributed by atoms with Crippen molar-refractivity contribution in [2.45, 2.75) is 69.6 Å². The first kappa shape index (κ1) is 12.9. The van der Waals surface area contributed by atoms with E-state index in [1.165, 1.54) is 71.0 Å². The Labute approximate surface area is 111 Å². The lowest BCUT2D eigenvalue weighted by Gasteiger charge is -2.31. The molecule has 104 valence electrons. The minimum absolute atomic E-state index is 0.561. The molecule has 2 atom stereocenters. The standard InChI is InChI=1S/C15H28N2O/c1-2-9-16-13(4-1)12-17(14-6-7-14)10-8-15-5-3-11-18-15/h13-16H,1-12H2. The normalized spacial score (nSPS) is 33.2. The van der Waals surface area contributed by atoms with Gasteiger partial charge in [-0.25, -0.2) is 0 Å². The summed E-state index contributed by atoms with van der Waals surface area (Å²) in [5.41, 5.74) is 0. The molecule has 3 heteroatoms. The van der Waals surface area contributed by atoms with Crippen LogP contribution in [0.4, 0.5) is 0 Å². The maximum atomic E-state index is 5.75. The number of nitrogens with one attached hydrogen (secondary N) is 1. The Bertz CT molecular complexity index is 243. The zero-order valence-electron chi connectivity index (χ0n) is 11.6. The van der Waals surface area contributed by atoms with Crippen molar-refractivity contribution in [3.05, 3.63) is 0 Å². The fourth-order valence-electron chi connectivity index (χ4n) is 3.41. The van der Waals surface area contributed by atoms with Gasteiger partial charge in [0.05, 0.1) is 6.10 Å². The monoisotopic (exact) mass is 252 g/mol. The summed E-state index contributed by atoms with van der Waals surface area (Å²) in [5, 5.41) is 3.69. The van der Waals surface area contributed by atoms with Crippen LogP contribution in [-0.4, -0.2) is 49.3 Å². The highest BCUT2D eigenvalue weighted by molar-refractivity contribution is 4.88. The molecule has 1 aliphatic carbocycles. The largest absolute Gasteiger partial charge is 0.378 e. The number of nitrogens with zero attached hydrogens (tertiary/aromatic N) is 1. The van der Waals surface area contributed by atoms with Gasteiger partial charge in [-0.1, -0.05) is 6.42 Å². The van der Waals surface area contributed by atoms with Gasteiger partial charge in [-0.3, -0.25) is 4.90 Å². The van der Waals surface area contributed by atoms with Crippen molar-refractivity contribution in [1.82, 2.24) is 10.2 Å². The molecule has 2 saturated heterocycles. The number of hydrogen-bond acceptors (Lipinski definition) is 3. The van der Waals surface area contributed by atoms with Gasteiger partial charge in [0.1, 0.15) is 0 Å². The van der Waals surface area contributed by atoms with Crippen LogP contribution in [0.3, 0.4) is 0 Å². The Morgan fingerprint density at radius 1 is 1.06 bits per heavy atom. The van der Waals surface area contributed by atoms with Gasteiger partial charge in [-0.15, -0.1) is 0 Å². The van der Waals surface area contributed by atoms with Crippen molar-refractivity contribution >= 4 is 0 Å². The van der Waals surface area contributed by atoms with Crippen LogP contribution in [0.1, 0.15) is 51.4 Å². The van der Waals surface area contributed by atoms with Crippen molar-refractivity contribution < 1.29 is 4.74 Å². The van der Waals surface area contributed by atoms with E-state index in [4.69, 9.17) is 4.74 Å². The van der Waals surface area contributed by atoms with Gasteiger partial charge >= 0.3 is 0 Å². The summed E-state index contributed by atoms with van der Waals surface area (Å²) < 4.78 is 5.75. The summed E-state index contributed by atoms with van der Waals surface area (Å²) in [4.78, 5) is 2.74. The molecule has 0 amide bonds. The molecular formula is C15H28N2O. The molecule has 1 saturated carbocycles.